The van der Waals surface area contributed by atoms with Crippen LogP contribution in [-0.2, 0) is 4.79 Å². The van der Waals surface area contributed by atoms with Crippen LogP contribution in [0.1, 0.15) is 32.1 Å². The minimum atomic E-state index is -0.371. The van der Waals surface area contributed by atoms with Gasteiger partial charge in [0.15, 0.2) is 0 Å². The SMILES string of the molecule is O=C(CNc1ccc(Br)cc1F)NCCC1=CCCCC1. The highest BCUT2D eigenvalue weighted by Gasteiger charge is 2.07. The molecule has 21 heavy (non-hydrogen) atoms. The molecule has 1 aromatic rings. The highest BCUT2D eigenvalue weighted by molar-refractivity contribution is 9.10. The van der Waals surface area contributed by atoms with Crippen LogP contribution in [0.25, 0.3) is 0 Å². The standard InChI is InChI=1S/C16H20BrFN2O/c17-13-6-7-15(14(18)10-13)20-11-16(21)19-9-8-12-4-2-1-3-5-12/h4,6-7,10,20H,1-3,5,8-9,11H2,(H,19,21). The normalized spacial score (nSPS) is 14.5. The van der Waals surface area contributed by atoms with Crippen molar-refractivity contribution in [2.45, 2.75) is 32.1 Å². The third-order valence-corrected chi connectivity index (χ3v) is 4.02. The smallest absolute Gasteiger partial charge is 0.239 e. The van der Waals surface area contributed by atoms with Crippen LogP contribution in [0, 0.1) is 5.82 Å². The molecule has 3 nitrogen and oxygen atoms in total. The Balaban J connectivity index is 1.68. The molecule has 1 aromatic carbocycles. The maximum absolute atomic E-state index is 13.6. The molecule has 5 heteroatoms. The van der Waals surface area contributed by atoms with Crippen LogP contribution in [0.3, 0.4) is 0 Å². The molecule has 0 fully saturated rings. The average molecular weight is 355 g/mol. The molecule has 2 rings (SSSR count). The summed E-state index contributed by atoms with van der Waals surface area (Å²) in [7, 11) is 0. The maximum atomic E-state index is 13.6. The zero-order chi connectivity index (χ0) is 15.1. The lowest BCUT2D eigenvalue weighted by Crippen LogP contribution is -2.31. The lowest BCUT2D eigenvalue weighted by atomic mass is 9.97. The number of nitrogens with one attached hydrogen (secondary N) is 2. The first-order chi connectivity index (χ1) is 10.1. The van der Waals surface area contributed by atoms with Gasteiger partial charge in [0, 0.05) is 11.0 Å². The van der Waals surface area contributed by atoms with E-state index in [-0.39, 0.29) is 18.3 Å². The van der Waals surface area contributed by atoms with Gasteiger partial charge in [0.1, 0.15) is 5.82 Å². The van der Waals surface area contributed by atoms with Gasteiger partial charge in [-0.2, -0.15) is 0 Å². The van der Waals surface area contributed by atoms with Crippen LogP contribution in [0.4, 0.5) is 10.1 Å². The molecule has 0 atom stereocenters. The van der Waals surface area contributed by atoms with Gasteiger partial charge in [0.2, 0.25) is 5.91 Å². The maximum Gasteiger partial charge on any atom is 0.239 e. The molecule has 0 heterocycles. The van der Waals surface area contributed by atoms with Gasteiger partial charge < -0.3 is 10.6 Å². The Hall–Kier alpha value is -1.36. The summed E-state index contributed by atoms with van der Waals surface area (Å²) in [5.41, 5.74) is 1.77. The Bertz CT molecular complexity index is 531. The van der Waals surface area contributed by atoms with Crippen LogP contribution in [0.2, 0.25) is 0 Å². The zero-order valence-electron chi connectivity index (χ0n) is 11.9. The predicted molar refractivity (Wildman–Crippen MR) is 86.8 cm³/mol. The van der Waals surface area contributed by atoms with Crippen molar-refractivity contribution in [3.63, 3.8) is 0 Å². The minimum Gasteiger partial charge on any atom is -0.374 e. The van der Waals surface area contributed by atoms with E-state index < -0.39 is 0 Å². The van der Waals surface area contributed by atoms with Crippen LogP contribution in [0.5, 0.6) is 0 Å². The van der Waals surface area contributed by atoms with Crippen LogP contribution in [0.15, 0.2) is 34.3 Å². The first-order valence-electron chi connectivity index (χ1n) is 7.28. The summed E-state index contributed by atoms with van der Waals surface area (Å²) in [6.45, 7) is 0.729. The highest BCUT2D eigenvalue weighted by atomic mass is 79.9. The number of benzene rings is 1. The quantitative estimate of drug-likeness (QED) is 0.757. The van der Waals surface area contributed by atoms with E-state index in [4.69, 9.17) is 0 Å². The largest absolute Gasteiger partial charge is 0.374 e. The zero-order valence-corrected chi connectivity index (χ0v) is 13.5. The van der Waals surface area contributed by atoms with Crippen molar-refractivity contribution in [2.75, 3.05) is 18.4 Å². The van der Waals surface area contributed by atoms with Crippen molar-refractivity contribution in [1.82, 2.24) is 5.32 Å². The second-order valence-electron chi connectivity index (χ2n) is 5.19. The number of carbonyl (C=O) groups is 1. The van der Waals surface area contributed by atoms with Crippen molar-refractivity contribution >= 4 is 27.5 Å². The van der Waals surface area contributed by atoms with Crippen molar-refractivity contribution in [2.24, 2.45) is 0 Å². The molecule has 114 valence electrons. The topological polar surface area (TPSA) is 41.1 Å². The van der Waals surface area contributed by atoms with E-state index in [1.807, 2.05) is 0 Å². The molecular weight excluding hydrogens is 335 g/mol. The van der Waals surface area contributed by atoms with E-state index in [0.717, 1.165) is 19.3 Å². The van der Waals surface area contributed by atoms with Crippen molar-refractivity contribution in [1.29, 1.82) is 0 Å². The van der Waals surface area contributed by atoms with Gasteiger partial charge >= 0.3 is 0 Å². The van der Waals surface area contributed by atoms with E-state index >= 15 is 0 Å². The Morgan fingerprint density at radius 1 is 1.33 bits per heavy atom. The summed E-state index contributed by atoms with van der Waals surface area (Å²) in [5.74, 6) is -0.488. The first kappa shape index (κ1) is 16.0. The number of allylic oxidation sites excluding steroid dienone is 1. The van der Waals surface area contributed by atoms with Gasteiger partial charge in [-0.05, 0) is 50.3 Å². The number of hydrogen-bond acceptors (Lipinski definition) is 2. The molecule has 0 aromatic heterocycles. The monoisotopic (exact) mass is 354 g/mol. The molecule has 0 saturated carbocycles. The van der Waals surface area contributed by atoms with Crippen molar-refractivity contribution in [3.05, 3.63) is 40.1 Å². The third kappa shape index (κ3) is 5.50. The van der Waals surface area contributed by atoms with E-state index in [1.54, 1.807) is 12.1 Å². The van der Waals surface area contributed by atoms with Gasteiger partial charge in [0.05, 0.1) is 12.2 Å². The predicted octanol–water partition coefficient (Wildman–Crippen LogP) is 4.01. The number of halogens is 2. The molecule has 0 bridgehead atoms. The fraction of sp³-hybridized carbons (Fsp3) is 0.438. The van der Waals surface area contributed by atoms with Crippen LogP contribution < -0.4 is 10.6 Å². The molecule has 0 unspecified atom stereocenters. The molecule has 0 saturated heterocycles. The lowest BCUT2D eigenvalue weighted by molar-refractivity contribution is -0.119. The fourth-order valence-corrected chi connectivity index (χ4v) is 2.70. The van der Waals surface area contributed by atoms with Gasteiger partial charge in [-0.15, -0.1) is 0 Å². The molecule has 0 radical (unpaired) electrons. The molecule has 0 aliphatic heterocycles. The number of carbonyl (C=O) groups excluding carboxylic acids is 1. The Kier molecular flexibility index (Phi) is 6.23. The molecule has 0 spiro atoms. The number of anilines is 1. The minimum absolute atomic E-state index is 0.0810. The average Bonchev–Trinajstić information content (AvgIpc) is 2.47. The summed E-state index contributed by atoms with van der Waals surface area (Å²) in [6.07, 6.45) is 8.04. The van der Waals surface area contributed by atoms with Gasteiger partial charge in [-0.25, -0.2) is 4.39 Å². The summed E-state index contributed by atoms with van der Waals surface area (Å²) in [5, 5.41) is 5.66. The number of amides is 1. The molecule has 2 N–H and O–H groups in total. The fourth-order valence-electron chi connectivity index (χ4n) is 2.37. The lowest BCUT2D eigenvalue weighted by Gasteiger charge is -2.13. The van der Waals surface area contributed by atoms with E-state index in [2.05, 4.69) is 32.6 Å². The summed E-state index contributed by atoms with van der Waals surface area (Å²) < 4.78 is 14.2. The highest BCUT2D eigenvalue weighted by Crippen LogP contribution is 2.20. The number of hydrogen-bond donors (Lipinski definition) is 2. The second-order valence-corrected chi connectivity index (χ2v) is 6.10. The van der Waals surface area contributed by atoms with E-state index in [9.17, 15) is 9.18 Å². The number of rotatable bonds is 6. The Morgan fingerprint density at radius 2 is 2.19 bits per heavy atom. The molecular formula is C16H20BrFN2O. The molecule has 1 aliphatic rings. The Labute approximate surface area is 133 Å². The Morgan fingerprint density at radius 3 is 2.90 bits per heavy atom. The van der Waals surface area contributed by atoms with E-state index in [1.165, 1.54) is 24.5 Å². The third-order valence-electron chi connectivity index (χ3n) is 3.52. The summed E-state index contributed by atoms with van der Waals surface area (Å²) in [4.78, 5) is 11.7. The van der Waals surface area contributed by atoms with Crippen molar-refractivity contribution in [3.8, 4) is 0 Å². The summed E-state index contributed by atoms with van der Waals surface area (Å²) >= 11 is 3.20. The summed E-state index contributed by atoms with van der Waals surface area (Å²) in [6, 6.07) is 4.72. The van der Waals surface area contributed by atoms with Crippen molar-refractivity contribution < 1.29 is 9.18 Å². The van der Waals surface area contributed by atoms with Gasteiger partial charge in [-0.3, -0.25) is 4.79 Å². The van der Waals surface area contributed by atoms with Gasteiger partial charge in [0.25, 0.3) is 0 Å². The van der Waals surface area contributed by atoms with Crippen LogP contribution >= 0.6 is 15.9 Å². The molecule has 1 aliphatic carbocycles. The first-order valence-corrected chi connectivity index (χ1v) is 8.08. The molecule has 1 amide bonds. The van der Waals surface area contributed by atoms with Crippen LogP contribution in [-0.4, -0.2) is 19.0 Å². The van der Waals surface area contributed by atoms with Gasteiger partial charge in [-0.1, -0.05) is 27.6 Å². The van der Waals surface area contributed by atoms with E-state index in [0.29, 0.717) is 16.7 Å². The second kappa shape index (κ2) is 8.17.